The fourth-order valence-corrected chi connectivity index (χ4v) is 8.91. The molecule has 10 aromatic carbocycles. The summed E-state index contributed by atoms with van der Waals surface area (Å²) >= 11 is 0. The van der Waals surface area contributed by atoms with Crippen LogP contribution in [0.4, 0.5) is 17.1 Å². The second kappa shape index (κ2) is 15.1. The average molecular weight is 765 g/mol. The molecule has 60 heavy (non-hydrogen) atoms. The predicted molar refractivity (Wildman–Crippen MR) is 255 cm³/mol. The van der Waals surface area contributed by atoms with E-state index in [1.165, 1.54) is 77.1 Å². The zero-order chi connectivity index (χ0) is 39.8. The molecule has 0 bridgehead atoms. The van der Waals surface area contributed by atoms with Crippen molar-refractivity contribution in [3.05, 3.63) is 243 Å². The molecule has 0 aliphatic rings. The molecule has 0 amide bonds. The van der Waals surface area contributed by atoms with E-state index in [0.717, 1.165) is 22.7 Å². The molecular weight excluding hydrogens is 725 g/mol. The van der Waals surface area contributed by atoms with Gasteiger partial charge in [0.15, 0.2) is 0 Å². The fourth-order valence-electron chi connectivity index (χ4n) is 8.91. The Hall–Kier alpha value is -7.94. The third-order valence-corrected chi connectivity index (χ3v) is 11.8. The number of benzene rings is 10. The molecule has 1 aromatic heterocycles. The van der Waals surface area contributed by atoms with E-state index in [1.54, 1.807) is 0 Å². The Kier molecular flexibility index (Phi) is 8.87. The lowest BCUT2D eigenvalue weighted by molar-refractivity contribution is 1.17. The van der Waals surface area contributed by atoms with Crippen LogP contribution < -0.4 is 4.90 Å². The van der Waals surface area contributed by atoms with Gasteiger partial charge in [0.2, 0.25) is 0 Å². The topological polar surface area (TPSA) is 8.17 Å². The summed E-state index contributed by atoms with van der Waals surface area (Å²) in [7, 11) is 0. The molecule has 0 fully saturated rings. The molecule has 0 saturated carbocycles. The lowest BCUT2D eigenvalue weighted by Crippen LogP contribution is -2.10. The highest BCUT2D eigenvalue weighted by Crippen LogP contribution is 2.43. The van der Waals surface area contributed by atoms with E-state index < -0.39 is 0 Å². The molecule has 0 aliphatic carbocycles. The first-order chi connectivity index (χ1) is 29.8. The number of hydrogen-bond donors (Lipinski definition) is 0. The lowest BCUT2D eigenvalue weighted by Gasteiger charge is -2.26. The Morgan fingerprint density at radius 1 is 0.283 bits per heavy atom. The highest BCUT2D eigenvalue weighted by Gasteiger charge is 2.19. The predicted octanol–water partition coefficient (Wildman–Crippen LogP) is 16.1. The molecule has 0 N–H and O–H groups in total. The van der Waals surface area contributed by atoms with E-state index in [0.29, 0.717) is 0 Å². The van der Waals surface area contributed by atoms with E-state index in [4.69, 9.17) is 0 Å². The van der Waals surface area contributed by atoms with Crippen molar-refractivity contribution in [1.82, 2.24) is 4.57 Å². The summed E-state index contributed by atoms with van der Waals surface area (Å²) in [6.07, 6.45) is 0. The van der Waals surface area contributed by atoms with Crippen LogP contribution in [-0.2, 0) is 0 Å². The lowest BCUT2D eigenvalue weighted by atomic mass is 9.93. The van der Waals surface area contributed by atoms with Gasteiger partial charge in [-0.15, -0.1) is 0 Å². The van der Waals surface area contributed by atoms with Crippen LogP contribution in [0.1, 0.15) is 0 Å². The van der Waals surface area contributed by atoms with Crippen molar-refractivity contribution >= 4 is 49.6 Å². The van der Waals surface area contributed by atoms with E-state index in [1.807, 2.05) is 0 Å². The third kappa shape index (κ3) is 6.32. The van der Waals surface area contributed by atoms with Crippen LogP contribution in [0, 0.1) is 0 Å². The molecule has 0 atom stereocenters. The van der Waals surface area contributed by atoms with Crippen molar-refractivity contribution in [2.24, 2.45) is 0 Å². The van der Waals surface area contributed by atoms with Gasteiger partial charge in [-0.2, -0.15) is 0 Å². The van der Waals surface area contributed by atoms with Crippen LogP contribution in [-0.4, -0.2) is 4.57 Å². The van der Waals surface area contributed by atoms with Gasteiger partial charge in [0.05, 0.1) is 11.0 Å². The van der Waals surface area contributed by atoms with Crippen LogP contribution in [0.25, 0.3) is 82.8 Å². The summed E-state index contributed by atoms with van der Waals surface area (Å²) in [5, 5.41) is 5.00. The first-order valence-corrected chi connectivity index (χ1v) is 20.6. The van der Waals surface area contributed by atoms with Crippen LogP contribution in [0.3, 0.4) is 0 Å². The molecule has 0 aliphatic heterocycles. The minimum absolute atomic E-state index is 1.08. The molecule has 0 unspecified atom stereocenters. The van der Waals surface area contributed by atoms with Gasteiger partial charge in [0.25, 0.3) is 0 Å². The van der Waals surface area contributed by atoms with Crippen molar-refractivity contribution in [3.8, 4) is 50.2 Å². The second-order valence-corrected chi connectivity index (χ2v) is 15.3. The Morgan fingerprint density at radius 3 is 1.35 bits per heavy atom. The summed E-state index contributed by atoms with van der Waals surface area (Å²) in [4.78, 5) is 2.37. The molecule has 0 spiro atoms. The number of aromatic nitrogens is 1. The van der Waals surface area contributed by atoms with E-state index in [-0.39, 0.29) is 0 Å². The normalized spacial score (nSPS) is 11.3. The van der Waals surface area contributed by atoms with Crippen molar-refractivity contribution < 1.29 is 0 Å². The molecule has 282 valence electrons. The third-order valence-electron chi connectivity index (χ3n) is 11.8. The number of fused-ring (bicyclic) bond motifs is 5. The van der Waals surface area contributed by atoms with Gasteiger partial charge in [-0.05, 0) is 110 Å². The Morgan fingerprint density at radius 2 is 0.767 bits per heavy atom. The van der Waals surface area contributed by atoms with Gasteiger partial charge in [-0.25, -0.2) is 0 Å². The maximum absolute atomic E-state index is 2.44. The Labute approximate surface area is 350 Å². The smallest absolute Gasteiger partial charge is 0.0547 e. The van der Waals surface area contributed by atoms with Crippen LogP contribution in [0.15, 0.2) is 243 Å². The Balaban J connectivity index is 1.06. The Bertz CT molecular complexity index is 3170. The number of rotatable bonds is 8. The summed E-state index contributed by atoms with van der Waals surface area (Å²) in [5.74, 6) is 0. The largest absolute Gasteiger partial charge is 0.310 e. The van der Waals surface area contributed by atoms with E-state index in [9.17, 15) is 0 Å². The summed E-state index contributed by atoms with van der Waals surface area (Å²) in [5.41, 5.74) is 16.4. The first-order valence-electron chi connectivity index (χ1n) is 20.6. The minimum Gasteiger partial charge on any atom is -0.310 e. The van der Waals surface area contributed by atoms with Gasteiger partial charge in [-0.3, -0.25) is 0 Å². The van der Waals surface area contributed by atoms with Crippen LogP contribution in [0.2, 0.25) is 0 Å². The van der Waals surface area contributed by atoms with Gasteiger partial charge in [0, 0.05) is 33.5 Å². The zero-order valence-electron chi connectivity index (χ0n) is 33.0. The van der Waals surface area contributed by atoms with Gasteiger partial charge in [0.1, 0.15) is 0 Å². The van der Waals surface area contributed by atoms with Crippen LogP contribution >= 0.6 is 0 Å². The molecule has 1 heterocycles. The first kappa shape index (κ1) is 35.2. The molecule has 0 radical (unpaired) electrons. The van der Waals surface area contributed by atoms with Gasteiger partial charge < -0.3 is 9.47 Å². The van der Waals surface area contributed by atoms with Crippen LogP contribution in [0.5, 0.6) is 0 Å². The monoisotopic (exact) mass is 764 g/mol. The molecule has 0 saturated heterocycles. The summed E-state index contributed by atoms with van der Waals surface area (Å²) in [6, 6.07) is 87.8. The minimum atomic E-state index is 1.08. The highest BCUT2D eigenvalue weighted by molar-refractivity contribution is 6.25. The second-order valence-electron chi connectivity index (χ2n) is 15.3. The molecular formula is C58H40N2. The molecule has 2 nitrogen and oxygen atoms in total. The summed E-state index contributed by atoms with van der Waals surface area (Å²) < 4.78 is 2.44. The molecule has 2 heteroatoms. The molecule has 11 rings (SSSR count). The number of anilines is 3. The van der Waals surface area contributed by atoms with Crippen molar-refractivity contribution in [3.63, 3.8) is 0 Å². The van der Waals surface area contributed by atoms with E-state index in [2.05, 4.69) is 252 Å². The standard InChI is InChI=1S/C58H40N2/c1-4-14-41(15-5-1)44-26-28-47(29-27-44)53-24-12-20-48-34-39-56-58(57(48)53)54-23-10-11-25-55(54)60(56)52-22-13-21-51(40-52)59(49-35-30-45(31-36-49)42-16-6-2-7-17-42)50-37-32-46(33-38-50)43-18-8-3-9-19-43/h1-40H. The fraction of sp³-hybridized carbons (Fsp3) is 0. The van der Waals surface area contributed by atoms with Crippen molar-refractivity contribution in [2.45, 2.75) is 0 Å². The van der Waals surface area contributed by atoms with Crippen molar-refractivity contribution in [2.75, 3.05) is 4.90 Å². The summed E-state index contributed by atoms with van der Waals surface area (Å²) in [6.45, 7) is 0. The number of hydrogen-bond acceptors (Lipinski definition) is 1. The number of nitrogens with zero attached hydrogens (tertiary/aromatic N) is 2. The van der Waals surface area contributed by atoms with Gasteiger partial charge >= 0.3 is 0 Å². The quantitative estimate of drug-likeness (QED) is 0.150. The maximum Gasteiger partial charge on any atom is 0.0547 e. The molecule has 11 aromatic rings. The van der Waals surface area contributed by atoms with Crippen molar-refractivity contribution in [1.29, 1.82) is 0 Å². The van der Waals surface area contributed by atoms with Gasteiger partial charge in [-0.1, -0.05) is 188 Å². The van der Waals surface area contributed by atoms with E-state index >= 15 is 0 Å². The zero-order valence-corrected chi connectivity index (χ0v) is 33.0. The maximum atomic E-state index is 2.44. The number of para-hydroxylation sites is 1. The highest BCUT2D eigenvalue weighted by atomic mass is 15.1. The SMILES string of the molecule is c1ccc(-c2ccc(-c3cccc4ccc5c(c6ccccc6n5-c5cccc(N(c6ccc(-c7ccccc7)cc6)c6ccc(-c7ccccc7)cc6)c5)c34)cc2)cc1. The average Bonchev–Trinajstić information content (AvgIpc) is 3.68.